The van der Waals surface area contributed by atoms with Crippen molar-refractivity contribution in [3.63, 3.8) is 0 Å². The van der Waals surface area contributed by atoms with Crippen LogP contribution >= 0.6 is 11.3 Å². The highest BCUT2D eigenvalue weighted by atomic mass is 32.1. The van der Waals surface area contributed by atoms with E-state index in [1.807, 2.05) is 37.8 Å². The minimum absolute atomic E-state index is 0.0410. The number of nitrogens with zero attached hydrogens (tertiary/aromatic N) is 2. The van der Waals surface area contributed by atoms with Gasteiger partial charge in [-0.2, -0.15) is 0 Å². The molecule has 0 atom stereocenters. The van der Waals surface area contributed by atoms with Gasteiger partial charge in [-0.1, -0.05) is 26.0 Å². The standard InChI is InChI=1S/C23H22FN3O2S/c1-13(2)22(29)27-10-9-15-11-16(7-8-19(15)27)20-14(3)30-23(25-20)26-21(28)17-5-4-6-18(24)12-17/h4-8,11-13H,9-10H2,1-3H3,(H,25,26,28). The van der Waals surface area contributed by atoms with E-state index >= 15 is 0 Å². The smallest absolute Gasteiger partial charge is 0.257 e. The van der Waals surface area contributed by atoms with Crippen molar-refractivity contribution in [2.75, 3.05) is 16.8 Å². The fourth-order valence-electron chi connectivity index (χ4n) is 3.61. The van der Waals surface area contributed by atoms with E-state index in [0.29, 0.717) is 11.7 Å². The highest BCUT2D eigenvalue weighted by molar-refractivity contribution is 7.16. The highest BCUT2D eigenvalue weighted by Crippen LogP contribution is 2.36. The molecule has 4 rings (SSSR count). The summed E-state index contributed by atoms with van der Waals surface area (Å²) in [5.74, 6) is -0.761. The summed E-state index contributed by atoms with van der Waals surface area (Å²) in [5, 5.41) is 3.22. The molecule has 30 heavy (non-hydrogen) atoms. The van der Waals surface area contributed by atoms with Gasteiger partial charge in [-0.05, 0) is 49.2 Å². The molecule has 2 aromatic carbocycles. The minimum Gasteiger partial charge on any atom is -0.312 e. The summed E-state index contributed by atoms with van der Waals surface area (Å²) in [5.41, 5.74) is 4.08. The number of hydrogen-bond donors (Lipinski definition) is 1. The van der Waals surface area contributed by atoms with Gasteiger partial charge in [-0.25, -0.2) is 9.37 Å². The van der Waals surface area contributed by atoms with E-state index in [2.05, 4.69) is 16.4 Å². The van der Waals surface area contributed by atoms with E-state index in [-0.39, 0.29) is 17.4 Å². The Balaban J connectivity index is 1.57. The van der Waals surface area contributed by atoms with Crippen LogP contribution in [0, 0.1) is 18.7 Å². The maximum absolute atomic E-state index is 13.4. The molecule has 0 fully saturated rings. The van der Waals surface area contributed by atoms with Crippen molar-refractivity contribution in [1.29, 1.82) is 0 Å². The van der Waals surface area contributed by atoms with Gasteiger partial charge in [0, 0.05) is 34.2 Å². The van der Waals surface area contributed by atoms with Gasteiger partial charge < -0.3 is 4.90 Å². The first-order chi connectivity index (χ1) is 14.3. The number of carbonyl (C=O) groups is 2. The second-order valence-corrected chi connectivity index (χ2v) is 8.83. The number of aryl methyl sites for hydroxylation is 1. The van der Waals surface area contributed by atoms with E-state index in [4.69, 9.17) is 0 Å². The molecule has 0 radical (unpaired) electrons. The van der Waals surface area contributed by atoms with Gasteiger partial charge in [-0.15, -0.1) is 11.3 Å². The Morgan fingerprint density at radius 3 is 2.73 bits per heavy atom. The van der Waals surface area contributed by atoms with Gasteiger partial charge in [0.05, 0.1) is 5.69 Å². The third kappa shape index (κ3) is 3.85. The first-order valence-corrected chi connectivity index (χ1v) is 10.6. The van der Waals surface area contributed by atoms with Crippen molar-refractivity contribution in [2.24, 2.45) is 5.92 Å². The fourth-order valence-corrected chi connectivity index (χ4v) is 4.44. The average molecular weight is 424 g/mol. The van der Waals surface area contributed by atoms with Crippen molar-refractivity contribution in [1.82, 2.24) is 4.98 Å². The lowest BCUT2D eigenvalue weighted by Gasteiger charge is -2.19. The lowest BCUT2D eigenvalue weighted by Crippen LogP contribution is -2.32. The lowest BCUT2D eigenvalue weighted by atomic mass is 10.1. The van der Waals surface area contributed by atoms with E-state index in [1.165, 1.54) is 29.5 Å². The molecular formula is C23H22FN3O2S. The SMILES string of the molecule is Cc1sc(NC(=O)c2cccc(F)c2)nc1-c1ccc2c(c1)CCN2C(=O)C(C)C. The van der Waals surface area contributed by atoms with Crippen LogP contribution in [0.4, 0.5) is 15.2 Å². The quantitative estimate of drug-likeness (QED) is 0.638. The number of anilines is 2. The summed E-state index contributed by atoms with van der Waals surface area (Å²) in [6.45, 7) is 6.47. The van der Waals surface area contributed by atoms with Crippen molar-refractivity contribution in [2.45, 2.75) is 27.2 Å². The Kier molecular flexibility index (Phi) is 5.39. The van der Waals surface area contributed by atoms with Gasteiger partial charge in [0.1, 0.15) is 5.82 Å². The normalized spacial score (nSPS) is 12.9. The van der Waals surface area contributed by atoms with Crippen LogP contribution in [-0.4, -0.2) is 23.3 Å². The summed E-state index contributed by atoms with van der Waals surface area (Å²) in [7, 11) is 0. The van der Waals surface area contributed by atoms with Gasteiger partial charge in [0.2, 0.25) is 5.91 Å². The molecule has 0 bridgehead atoms. The van der Waals surface area contributed by atoms with Gasteiger partial charge >= 0.3 is 0 Å². The minimum atomic E-state index is -0.457. The molecule has 0 aliphatic carbocycles. The number of fused-ring (bicyclic) bond motifs is 1. The maximum Gasteiger partial charge on any atom is 0.257 e. The van der Waals surface area contributed by atoms with Crippen molar-refractivity contribution < 1.29 is 14.0 Å². The van der Waals surface area contributed by atoms with Crippen LogP contribution in [-0.2, 0) is 11.2 Å². The largest absolute Gasteiger partial charge is 0.312 e. The third-order valence-electron chi connectivity index (χ3n) is 5.11. The molecule has 1 aliphatic heterocycles. The lowest BCUT2D eigenvalue weighted by molar-refractivity contribution is -0.121. The summed E-state index contributed by atoms with van der Waals surface area (Å²) in [4.78, 5) is 32.2. The summed E-state index contributed by atoms with van der Waals surface area (Å²) in [6.07, 6.45) is 0.813. The zero-order valence-electron chi connectivity index (χ0n) is 17.0. The molecule has 0 spiro atoms. The zero-order valence-corrected chi connectivity index (χ0v) is 17.8. The molecule has 3 aromatic rings. The molecule has 1 aromatic heterocycles. The zero-order chi connectivity index (χ0) is 21.4. The Morgan fingerprint density at radius 2 is 2.00 bits per heavy atom. The predicted octanol–water partition coefficient (Wildman–Crippen LogP) is 5.06. The van der Waals surface area contributed by atoms with Crippen molar-refractivity contribution >= 4 is 34.0 Å². The van der Waals surface area contributed by atoms with Crippen LogP contribution in [0.3, 0.4) is 0 Å². The monoisotopic (exact) mass is 423 g/mol. The van der Waals surface area contributed by atoms with Crippen molar-refractivity contribution in [3.8, 4) is 11.3 Å². The number of halogens is 1. The summed E-state index contributed by atoms with van der Waals surface area (Å²) in [6, 6.07) is 11.6. The molecule has 154 valence electrons. The van der Waals surface area contributed by atoms with Crippen LogP contribution in [0.2, 0.25) is 0 Å². The Bertz CT molecular complexity index is 1140. The van der Waals surface area contributed by atoms with Gasteiger partial charge in [-0.3, -0.25) is 14.9 Å². The number of benzene rings is 2. The van der Waals surface area contributed by atoms with Crippen LogP contribution in [0.15, 0.2) is 42.5 Å². The van der Waals surface area contributed by atoms with Crippen molar-refractivity contribution in [3.05, 3.63) is 64.3 Å². The Morgan fingerprint density at radius 1 is 1.20 bits per heavy atom. The number of amides is 2. The maximum atomic E-state index is 13.4. The van der Waals surface area contributed by atoms with Crippen LogP contribution < -0.4 is 10.2 Å². The number of hydrogen-bond acceptors (Lipinski definition) is 4. The molecule has 0 unspecified atom stereocenters. The Hall–Kier alpha value is -3.06. The van der Waals surface area contributed by atoms with E-state index < -0.39 is 11.7 Å². The highest BCUT2D eigenvalue weighted by Gasteiger charge is 2.27. The molecule has 2 heterocycles. The van der Waals surface area contributed by atoms with E-state index in [1.54, 1.807) is 6.07 Å². The number of thiazole rings is 1. The number of rotatable bonds is 4. The Labute approximate surface area is 178 Å². The molecule has 2 amide bonds. The second kappa shape index (κ2) is 7.99. The number of nitrogens with one attached hydrogen (secondary N) is 1. The predicted molar refractivity (Wildman–Crippen MR) is 118 cm³/mol. The topological polar surface area (TPSA) is 62.3 Å². The molecule has 1 aliphatic rings. The van der Waals surface area contributed by atoms with Gasteiger partial charge in [0.15, 0.2) is 5.13 Å². The molecular weight excluding hydrogens is 401 g/mol. The summed E-state index contributed by atoms with van der Waals surface area (Å²) >= 11 is 1.38. The third-order valence-corrected chi connectivity index (χ3v) is 6.00. The van der Waals surface area contributed by atoms with Crippen LogP contribution in [0.25, 0.3) is 11.3 Å². The first kappa shape index (κ1) is 20.2. The van der Waals surface area contributed by atoms with E-state index in [9.17, 15) is 14.0 Å². The van der Waals surface area contributed by atoms with Crippen LogP contribution in [0.5, 0.6) is 0 Å². The fraction of sp³-hybridized carbons (Fsp3) is 0.261. The average Bonchev–Trinajstić information content (AvgIpc) is 3.29. The molecule has 5 nitrogen and oxygen atoms in total. The van der Waals surface area contributed by atoms with E-state index in [0.717, 1.165) is 33.8 Å². The first-order valence-electron chi connectivity index (χ1n) is 9.82. The molecule has 0 saturated carbocycles. The molecule has 1 N–H and O–H groups in total. The van der Waals surface area contributed by atoms with Gasteiger partial charge in [0.25, 0.3) is 5.91 Å². The van der Waals surface area contributed by atoms with Crippen LogP contribution in [0.1, 0.15) is 34.6 Å². The number of aromatic nitrogens is 1. The number of carbonyl (C=O) groups excluding carboxylic acids is 2. The second-order valence-electron chi connectivity index (χ2n) is 7.63. The molecule has 7 heteroatoms. The molecule has 0 saturated heterocycles. The summed E-state index contributed by atoms with van der Waals surface area (Å²) < 4.78 is 13.4.